The molecule has 1 aliphatic rings. The average molecular weight is 447 g/mol. The molecule has 1 saturated heterocycles. The molecule has 7 heteroatoms. The number of hydrogen-bond donors (Lipinski definition) is 1. The maximum absolute atomic E-state index is 12.9. The third kappa shape index (κ3) is 4.11. The van der Waals surface area contributed by atoms with E-state index in [-0.39, 0.29) is 11.4 Å². The number of rotatable bonds is 5. The number of ether oxygens (including phenoxy) is 1. The molecule has 3 amide bonds. The summed E-state index contributed by atoms with van der Waals surface area (Å²) >= 11 is 0.836. The van der Waals surface area contributed by atoms with Crippen molar-refractivity contribution in [1.29, 1.82) is 0 Å². The molecule has 0 bridgehead atoms. The molecule has 6 nitrogen and oxygen atoms in total. The number of carbonyl (C=O) groups excluding carboxylic acids is 3. The molecule has 0 unspecified atom stereocenters. The smallest absolute Gasteiger partial charge is 0.294 e. The van der Waals surface area contributed by atoms with Gasteiger partial charge < -0.3 is 10.1 Å². The number of amides is 3. The van der Waals surface area contributed by atoms with Crippen LogP contribution in [0.4, 0.5) is 10.5 Å². The lowest BCUT2D eigenvalue weighted by Crippen LogP contribution is -2.36. The van der Waals surface area contributed by atoms with Crippen LogP contribution in [0.2, 0.25) is 0 Å². The summed E-state index contributed by atoms with van der Waals surface area (Å²) in [5.41, 5.74) is 3.46. The van der Waals surface area contributed by atoms with Crippen molar-refractivity contribution in [2.45, 2.75) is 13.8 Å². The molecule has 32 heavy (non-hydrogen) atoms. The number of thioether (sulfide) groups is 1. The highest BCUT2D eigenvalue weighted by molar-refractivity contribution is 8.18. The van der Waals surface area contributed by atoms with E-state index in [1.54, 1.807) is 19.3 Å². The van der Waals surface area contributed by atoms with Crippen LogP contribution < -0.4 is 10.1 Å². The van der Waals surface area contributed by atoms with Crippen LogP contribution in [-0.4, -0.2) is 35.6 Å². The van der Waals surface area contributed by atoms with Gasteiger partial charge in [-0.15, -0.1) is 0 Å². The van der Waals surface area contributed by atoms with Crippen molar-refractivity contribution in [3.05, 3.63) is 76.2 Å². The van der Waals surface area contributed by atoms with Crippen LogP contribution in [0.5, 0.6) is 5.75 Å². The van der Waals surface area contributed by atoms with Crippen LogP contribution in [0, 0.1) is 13.8 Å². The Labute approximate surface area is 190 Å². The molecule has 0 radical (unpaired) electrons. The third-order valence-corrected chi connectivity index (χ3v) is 6.39. The normalized spacial score (nSPS) is 15.0. The maximum Gasteiger partial charge on any atom is 0.294 e. The predicted molar refractivity (Wildman–Crippen MR) is 128 cm³/mol. The molecule has 3 aromatic rings. The largest absolute Gasteiger partial charge is 0.496 e. The summed E-state index contributed by atoms with van der Waals surface area (Å²) in [6, 6.07) is 17.0. The zero-order valence-corrected chi connectivity index (χ0v) is 18.8. The Morgan fingerprint density at radius 3 is 2.53 bits per heavy atom. The number of hydrogen-bond acceptors (Lipinski definition) is 5. The van der Waals surface area contributed by atoms with Gasteiger partial charge in [-0.2, -0.15) is 0 Å². The Bertz CT molecular complexity index is 1280. The number of anilines is 1. The van der Waals surface area contributed by atoms with Crippen molar-refractivity contribution in [3.63, 3.8) is 0 Å². The highest BCUT2D eigenvalue weighted by Crippen LogP contribution is 2.35. The molecular weight excluding hydrogens is 424 g/mol. The first-order chi connectivity index (χ1) is 15.4. The van der Waals surface area contributed by atoms with Crippen molar-refractivity contribution in [2.75, 3.05) is 19.0 Å². The molecular formula is C25H22N2O4S. The van der Waals surface area contributed by atoms with Gasteiger partial charge in [0.2, 0.25) is 5.91 Å². The van der Waals surface area contributed by atoms with E-state index in [9.17, 15) is 14.4 Å². The van der Waals surface area contributed by atoms with Crippen molar-refractivity contribution >= 4 is 51.4 Å². The number of fused-ring (bicyclic) bond motifs is 1. The molecule has 4 rings (SSSR count). The van der Waals surface area contributed by atoms with Crippen molar-refractivity contribution in [3.8, 4) is 5.75 Å². The van der Waals surface area contributed by atoms with Crippen LogP contribution >= 0.6 is 11.8 Å². The number of carbonyl (C=O) groups is 3. The second-order valence-corrected chi connectivity index (χ2v) is 8.46. The second kappa shape index (κ2) is 8.88. The Morgan fingerprint density at radius 1 is 1.03 bits per heavy atom. The van der Waals surface area contributed by atoms with Gasteiger partial charge in [0.05, 0.1) is 12.0 Å². The summed E-state index contributed by atoms with van der Waals surface area (Å²) in [6.07, 6.45) is 1.69. The molecule has 3 aromatic carbocycles. The minimum Gasteiger partial charge on any atom is -0.496 e. The zero-order valence-electron chi connectivity index (χ0n) is 18.0. The Kier molecular flexibility index (Phi) is 6.01. The van der Waals surface area contributed by atoms with E-state index in [1.165, 1.54) is 0 Å². The summed E-state index contributed by atoms with van der Waals surface area (Å²) in [6.45, 7) is 3.53. The number of benzene rings is 3. The number of nitrogens with one attached hydrogen (secondary N) is 1. The molecule has 1 aliphatic heterocycles. The van der Waals surface area contributed by atoms with Crippen molar-refractivity contribution in [1.82, 2.24) is 4.90 Å². The summed E-state index contributed by atoms with van der Waals surface area (Å²) in [4.78, 5) is 39.2. The number of aryl methyl sites for hydroxylation is 1. The zero-order chi connectivity index (χ0) is 22.8. The van der Waals surface area contributed by atoms with Crippen LogP contribution in [-0.2, 0) is 9.59 Å². The lowest BCUT2D eigenvalue weighted by Gasteiger charge is -2.14. The predicted octanol–water partition coefficient (Wildman–Crippen LogP) is 5.14. The highest BCUT2D eigenvalue weighted by atomic mass is 32.2. The third-order valence-electron chi connectivity index (χ3n) is 5.48. The van der Waals surface area contributed by atoms with E-state index >= 15 is 0 Å². The standard InChI is InChI=1S/C25H22N2O4S/c1-15-7-6-10-20(16(15)2)26-23(28)14-27-24(29)22(32-25(27)30)13-17-11-12-21(31-3)19-9-5-4-8-18(17)19/h4-13H,14H2,1-3H3,(H,26,28)/b22-13+. The maximum atomic E-state index is 12.9. The van der Waals surface area contributed by atoms with E-state index in [0.29, 0.717) is 5.69 Å². The lowest BCUT2D eigenvalue weighted by atomic mass is 10.0. The van der Waals surface area contributed by atoms with E-state index in [0.717, 1.165) is 49.9 Å². The minimum absolute atomic E-state index is 0.282. The summed E-state index contributed by atoms with van der Waals surface area (Å²) in [7, 11) is 1.61. The van der Waals surface area contributed by atoms with E-state index in [1.807, 2.05) is 62.4 Å². The van der Waals surface area contributed by atoms with Crippen LogP contribution in [0.1, 0.15) is 16.7 Å². The van der Waals surface area contributed by atoms with Crippen molar-refractivity contribution < 1.29 is 19.1 Å². The molecule has 0 spiro atoms. The van der Waals surface area contributed by atoms with Gasteiger partial charge in [-0.3, -0.25) is 19.3 Å². The highest BCUT2D eigenvalue weighted by Gasteiger charge is 2.36. The fourth-order valence-corrected chi connectivity index (χ4v) is 4.43. The van der Waals surface area contributed by atoms with Gasteiger partial charge in [-0.25, -0.2) is 0 Å². The first kappa shape index (κ1) is 21.6. The SMILES string of the molecule is COc1ccc(/C=C2/SC(=O)N(CC(=O)Nc3cccc(C)c3C)C2=O)c2ccccc12. The summed E-state index contributed by atoms with van der Waals surface area (Å²) in [5.74, 6) is -0.165. The molecule has 162 valence electrons. The van der Waals surface area contributed by atoms with Crippen LogP contribution in [0.25, 0.3) is 16.8 Å². The molecule has 0 atom stereocenters. The average Bonchev–Trinajstić information content (AvgIpc) is 3.04. The fraction of sp³-hybridized carbons (Fsp3) is 0.160. The van der Waals surface area contributed by atoms with Gasteiger partial charge in [-0.05, 0) is 65.9 Å². The molecule has 1 N–H and O–H groups in total. The van der Waals surface area contributed by atoms with Gasteiger partial charge >= 0.3 is 0 Å². The molecule has 0 aliphatic carbocycles. The quantitative estimate of drug-likeness (QED) is 0.549. The molecule has 1 fully saturated rings. The van der Waals surface area contributed by atoms with Crippen molar-refractivity contribution in [2.24, 2.45) is 0 Å². The number of methoxy groups -OCH3 is 1. The number of imide groups is 1. The first-order valence-corrected chi connectivity index (χ1v) is 10.9. The van der Waals surface area contributed by atoms with Gasteiger partial charge in [0.1, 0.15) is 12.3 Å². The Balaban J connectivity index is 1.56. The second-order valence-electron chi connectivity index (χ2n) is 7.47. The van der Waals surface area contributed by atoms with Crippen LogP contribution in [0.3, 0.4) is 0 Å². The number of nitrogens with zero attached hydrogens (tertiary/aromatic N) is 1. The lowest BCUT2D eigenvalue weighted by molar-refractivity contribution is -0.127. The summed E-state index contributed by atoms with van der Waals surface area (Å²) < 4.78 is 5.42. The monoisotopic (exact) mass is 446 g/mol. The van der Waals surface area contributed by atoms with Gasteiger partial charge in [0.25, 0.3) is 11.1 Å². The van der Waals surface area contributed by atoms with Crippen LogP contribution in [0.15, 0.2) is 59.5 Å². The fourth-order valence-electron chi connectivity index (χ4n) is 3.60. The summed E-state index contributed by atoms with van der Waals surface area (Å²) in [5, 5.41) is 4.15. The molecule has 1 heterocycles. The first-order valence-electron chi connectivity index (χ1n) is 10.1. The van der Waals surface area contributed by atoms with Gasteiger partial charge in [0.15, 0.2) is 0 Å². The van der Waals surface area contributed by atoms with E-state index < -0.39 is 17.1 Å². The Hall–Kier alpha value is -3.58. The van der Waals surface area contributed by atoms with E-state index in [2.05, 4.69) is 5.32 Å². The molecule has 0 saturated carbocycles. The van der Waals surface area contributed by atoms with Gasteiger partial charge in [0, 0.05) is 11.1 Å². The van der Waals surface area contributed by atoms with E-state index in [4.69, 9.17) is 4.74 Å². The molecule has 0 aromatic heterocycles. The van der Waals surface area contributed by atoms with Gasteiger partial charge in [-0.1, -0.05) is 42.5 Å². The minimum atomic E-state index is -0.476. The topological polar surface area (TPSA) is 75.7 Å². The Morgan fingerprint density at radius 2 is 1.78 bits per heavy atom.